The maximum atomic E-state index is 15.0. The number of hydrogen-bond acceptors (Lipinski definition) is 19. The third-order valence-electron chi connectivity index (χ3n) is 16.3. The Morgan fingerprint density at radius 2 is 0.845 bits per heavy atom. The summed E-state index contributed by atoms with van der Waals surface area (Å²) in [7, 11) is 0. The first-order valence-corrected chi connectivity index (χ1v) is 34.7. The molecule has 4 rings (SSSR count). The molecule has 0 aromatic heterocycles. The lowest BCUT2D eigenvalue weighted by atomic mass is 10.0. The number of nitrogens with zero attached hydrogens (tertiary/aromatic N) is 2. The molecule has 0 spiro atoms. The van der Waals surface area contributed by atoms with Crippen molar-refractivity contribution < 1.29 is 82.1 Å². The number of hydrogen-bond donors (Lipinski definition) is 18. The van der Waals surface area contributed by atoms with E-state index in [4.69, 9.17) is 34.4 Å². The number of nitrogens with two attached hydrogens (primary N) is 6. The van der Waals surface area contributed by atoms with Crippen molar-refractivity contribution in [1.82, 2.24) is 58.1 Å². The predicted molar refractivity (Wildman–Crippen MR) is 377 cm³/mol. The Hall–Kier alpha value is -10.7. The summed E-state index contributed by atoms with van der Waals surface area (Å²) in [4.78, 5) is 209. The molecule has 14 amide bonds. The van der Waals surface area contributed by atoms with E-state index in [1.165, 1.54) is 30.5 Å². The minimum absolute atomic E-state index is 0.00850. The smallest absolute Gasteiger partial charge is 0.326 e. The second-order valence-electron chi connectivity index (χ2n) is 24.6. The number of primary amides is 3. The largest absolute Gasteiger partial charge is 0.480 e. The van der Waals surface area contributed by atoms with E-state index in [-0.39, 0.29) is 76.8 Å². The molecule has 562 valence electrons. The van der Waals surface area contributed by atoms with Crippen molar-refractivity contribution >= 4 is 106 Å². The first-order chi connectivity index (χ1) is 48.9. The maximum Gasteiger partial charge on any atom is 0.326 e. The molecule has 0 unspecified atom stereocenters. The standard InChI is InChI=1S/C67H96N18O17S/c1-37(68)55(90)75-38(2)56(91)79-45(25-28-54(71)89)65(100)85-31-14-22-51(85)64(99)83-49(35-41-19-11-6-12-20-41)62(97)82-48(34-40-17-9-5-10-18-40)61(96)78-43(23-26-52(69)87)58(93)81-47(33-39-15-7-4-8-16-39)60(95)76-42(21-13-30-74-67(72)73)57(92)77-44(24-27-53(70)88)59(94)84-50(36-86)63(98)80-46(66(101)102)29-32-103-3/h4-12,15-20,37-38,42-51,86H,13-14,21-36,68H2,1-3H3,(H2,69,87)(H2,70,88)(H2,71,89)(H,75,90)(H,76,95)(H,77,92)(H,78,96)(H,79,91)(H,80,98)(H,81,93)(H,82,97)(H,83,99)(H,84,94)(H,101,102)(H4,72,73,74)/t37-,38-,42-,43-,44-,45-,46-,47-,48-,49-,50-,51-/m0/s1. The van der Waals surface area contributed by atoms with Gasteiger partial charge < -0.3 is 103 Å². The summed E-state index contributed by atoms with van der Waals surface area (Å²) in [6.07, 6.45) is -1.56. The Bertz CT molecular complexity index is 3450. The molecule has 35 nitrogen and oxygen atoms in total. The molecule has 36 heteroatoms. The molecule has 0 saturated carbocycles. The lowest BCUT2D eigenvalue weighted by Crippen LogP contribution is -2.61. The van der Waals surface area contributed by atoms with Gasteiger partial charge in [-0.1, -0.05) is 91.0 Å². The number of carboxylic acids is 1. The van der Waals surface area contributed by atoms with Crippen molar-refractivity contribution in [3.05, 3.63) is 108 Å². The second-order valence-corrected chi connectivity index (χ2v) is 25.6. The Kier molecular flexibility index (Phi) is 36.0. The number of benzene rings is 3. The number of aliphatic hydroxyl groups excluding tert-OH is 1. The van der Waals surface area contributed by atoms with E-state index in [0.717, 1.165) is 0 Å². The van der Waals surface area contributed by atoms with Crippen LogP contribution in [0.2, 0.25) is 0 Å². The van der Waals surface area contributed by atoms with Crippen molar-refractivity contribution in [2.24, 2.45) is 39.4 Å². The molecule has 1 aliphatic rings. The quantitative estimate of drug-likeness (QED) is 0.0143. The normalized spacial score (nSPS) is 15.6. The summed E-state index contributed by atoms with van der Waals surface area (Å²) in [6, 6.07) is 7.24. The van der Waals surface area contributed by atoms with E-state index < -0.39 is 193 Å². The zero-order valence-corrected chi connectivity index (χ0v) is 58.4. The number of rotatable bonds is 45. The van der Waals surface area contributed by atoms with Gasteiger partial charge in [0.25, 0.3) is 0 Å². The second kappa shape index (κ2) is 43.8. The van der Waals surface area contributed by atoms with Gasteiger partial charge in [-0.15, -0.1) is 0 Å². The molecule has 1 saturated heterocycles. The number of guanidine groups is 1. The van der Waals surface area contributed by atoms with Crippen molar-refractivity contribution in [3.8, 4) is 0 Å². The molecule has 0 radical (unpaired) electrons. The highest BCUT2D eigenvalue weighted by molar-refractivity contribution is 7.98. The average Bonchev–Trinajstić information content (AvgIpc) is 1.76. The minimum atomic E-state index is -1.76. The van der Waals surface area contributed by atoms with E-state index in [0.29, 0.717) is 28.9 Å². The van der Waals surface area contributed by atoms with Crippen LogP contribution in [0.3, 0.4) is 0 Å². The van der Waals surface area contributed by atoms with Gasteiger partial charge in [-0.3, -0.25) is 72.1 Å². The zero-order valence-electron chi connectivity index (χ0n) is 57.6. The van der Waals surface area contributed by atoms with Crippen LogP contribution in [0.4, 0.5) is 0 Å². The first-order valence-electron chi connectivity index (χ1n) is 33.4. The highest BCUT2D eigenvalue weighted by atomic mass is 32.2. The molecule has 24 N–H and O–H groups in total. The molecular weight excluding hydrogens is 1360 g/mol. The fourth-order valence-corrected chi connectivity index (χ4v) is 11.1. The van der Waals surface area contributed by atoms with Gasteiger partial charge >= 0.3 is 5.97 Å². The molecule has 103 heavy (non-hydrogen) atoms. The molecule has 0 bridgehead atoms. The Morgan fingerprint density at radius 1 is 0.476 bits per heavy atom. The molecule has 1 aliphatic heterocycles. The van der Waals surface area contributed by atoms with Crippen molar-refractivity contribution in [3.63, 3.8) is 0 Å². The van der Waals surface area contributed by atoms with Crippen LogP contribution in [0, 0.1) is 0 Å². The maximum absolute atomic E-state index is 15.0. The van der Waals surface area contributed by atoms with E-state index in [1.54, 1.807) is 97.3 Å². The van der Waals surface area contributed by atoms with Crippen LogP contribution >= 0.6 is 11.8 Å². The summed E-state index contributed by atoms with van der Waals surface area (Å²) in [6.45, 7) is 1.63. The lowest BCUT2D eigenvalue weighted by Gasteiger charge is -2.31. The van der Waals surface area contributed by atoms with Crippen molar-refractivity contribution in [1.29, 1.82) is 0 Å². The van der Waals surface area contributed by atoms with Crippen LogP contribution in [0.5, 0.6) is 0 Å². The van der Waals surface area contributed by atoms with E-state index in [9.17, 15) is 82.1 Å². The third-order valence-corrected chi connectivity index (χ3v) is 16.9. The number of carbonyl (C=O) groups is 15. The van der Waals surface area contributed by atoms with Crippen LogP contribution in [0.25, 0.3) is 0 Å². The molecule has 3 aromatic rings. The van der Waals surface area contributed by atoms with Gasteiger partial charge in [-0.2, -0.15) is 11.8 Å². The van der Waals surface area contributed by atoms with Crippen LogP contribution in [0.15, 0.2) is 96.0 Å². The minimum Gasteiger partial charge on any atom is -0.480 e. The van der Waals surface area contributed by atoms with Gasteiger partial charge in [0.05, 0.1) is 12.6 Å². The Balaban J connectivity index is 1.70. The van der Waals surface area contributed by atoms with Gasteiger partial charge in [-0.05, 0) is 93.9 Å². The van der Waals surface area contributed by atoms with E-state index >= 15 is 0 Å². The van der Waals surface area contributed by atoms with Gasteiger partial charge in [0, 0.05) is 51.6 Å². The van der Waals surface area contributed by atoms with Crippen LogP contribution < -0.4 is 87.6 Å². The molecule has 1 fully saturated rings. The molecule has 3 aromatic carbocycles. The van der Waals surface area contributed by atoms with Gasteiger partial charge in [-0.25, -0.2) is 4.79 Å². The highest BCUT2D eigenvalue weighted by Crippen LogP contribution is 2.21. The number of carboxylic acid groups (broad SMARTS) is 1. The van der Waals surface area contributed by atoms with E-state index in [1.807, 2.05) is 0 Å². The van der Waals surface area contributed by atoms with Crippen molar-refractivity contribution in [2.45, 2.75) is 176 Å². The van der Waals surface area contributed by atoms with Crippen LogP contribution in [-0.4, -0.2) is 214 Å². The van der Waals surface area contributed by atoms with Crippen LogP contribution in [0.1, 0.15) is 101 Å². The molecule has 0 aliphatic carbocycles. The molecule has 1 heterocycles. The highest BCUT2D eigenvalue weighted by Gasteiger charge is 2.41. The third kappa shape index (κ3) is 30.2. The van der Waals surface area contributed by atoms with Gasteiger partial charge in [0.1, 0.15) is 66.5 Å². The number of aliphatic imine (C=N–C) groups is 1. The zero-order chi connectivity index (χ0) is 76.3. The van der Waals surface area contributed by atoms with Gasteiger partial charge in [0.2, 0.25) is 82.7 Å². The topological polar surface area (TPSA) is 589 Å². The summed E-state index contributed by atoms with van der Waals surface area (Å²) in [5.41, 5.74) is 34.7. The van der Waals surface area contributed by atoms with Crippen molar-refractivity contribution in [2.75, 3.05) is 31.7 Å². The lowest BCUT2D eigenvalue weighted by molar-refractivity contribution is -0.143. The number of nitrogens with one attached hydrogen (secondary N) is 10. The number of likely N-dealkylation sites (tertiary alicyclic amines) is 1. The Labute approximate surface area is 599 Å². The fraction of sp³-hybridized carbons (Fsp3) is 0.493. The molecular formula is C67H96N18O17S. The number of aliphatic carboxylic acids is 1. The molecule has 12 atom stereocenters. The van der Waals surface area contributed by atoms with Crippen LogP contribution in [-0.2, 0) is 91.2 Å². The predicted octanol–water partition coefficient (Wildman–Crippen LogP) is -5.40. The average molecular weight is 1460 g/mol. The monoisotopic (exact) mass is 1460 g/mol. The Morgan fingerprint density at radius 3 is 1.24 bits per heavy atom. The summed E-state index contributed by atoms with van der Waals surface area (Å²) in [5, 5.41) is 45.1. The summed E-state index contributed by atoms with van der Waals surface area (Å²) < 4.78 is 0. The number of carbonyl (C=O) groups excluding carboxylic acids is 14. The first kappa shape index (κ1) is 84.7. The summed E-state index contributed by atoms with van der Waals surface area (Å²) in [5.74, 6) is -14.4. The number of aliphatic hydroxyl groups is 1. The summed E-state index contributed by atoms with van der Waals surface area (Å²) >= 11 is 1.30. The number of amides is 14. The van der Waals surface area contributed by atoms with E-state index in [2.05, 4.69) is 58.2 Å². The van der Waals surface area contributed by atoms with Gasteiger partial charge in [0.15, 0.2) is 5.96 Å². The SMILES string of the molecule is CSCC[C@H](NC(=O)[C@H](CO)NC(=O)[C@H](CCC(N)=O)NC(=O)[C@H](CCCN=C(N)N)NC(=O)[C@H](Cc1ccccc1)NC(=O)[C@H](CCC(N)=O)NC(=O)[C@H](Cc1ccccc1)NC(=O)[C@H](Cc1ccccc1)NC(=O)[C@@H]1CCCN1C(=O)[C@H](CCC(N)=O)NC(=O)[C@H](C)NC(=O)[C@H](C)N)C(=O)O. The fourth-order valence-electron chi connectivity index (χ4n) is 10.7. The number of thioether (sulfide) groups is 1.